The molecule has 0 aliphatic heterocycles. The van der Waals surface area contributed by atoms with E-state index >= 15 is 0 Å². The van der Waals surface area contributed by atoms with Crippen molar-refractivity contribution < 1.29 is 0 Å². The van der Waals surface area contributed by atoms with Gasteiger partial charge in [0, 0.05) is 16.5 Å². The Hall–Kier alpha value is 0.310. The van der Waals surface area contributed by atoms with Crippen molar-refractivity contribution in [2.45, 2.75) is 70.1 Å². The predicted molar refractivity (Wildman–Crippen MR) is 85.7 cm³/mol. The SMILES string of the molecule is CNC(CSC(C)(C)C)C12CC3CC(CC(C3)C1)C2. The van der Waals surface area contributed by atoms with Gasteiger partial charge >= 0.3 is 0 Å². The highest BCUT2D eigenvalue weighted by atomic mass is 32.2. The van der Waals surface area contributed by atoms with E-state index in [1.54, 1.807) is 19.3 Å². The van der Waals surface area contributed by atoms with Crippen molar-refractivity contribution in [3.05, 3.63) is 0 Å². The molecular weight excluding hydrogens is 250 g/mol. The fourth-order valence-corrected chi connectivity index (χ4v) is 6.69. The number of hydrogen-bond donors (Lipinski definition) is 1. The lowest BCUT2D eigenvalue weighted by molar-refractivity contribution is -0.0682. The van der Waals surface area contributed by atoms with E-state index in [2.05, 4.69) is 44.9 Å². The smallest absolute Gasteiger partial charge is 0.0212 e. The summed E-state index contributed by atoms with van der Waals surface area (Å²) in [5.74, 6) is 4.51. The topological polar surface area (TPSA) is 12.0 Å². The standard InChI is InChI=1S/C17H31NS/c1-16(2,3)19-11-15(18-4)17-8-12-5-13(9-17)7-14(6-12)10-17/h12-15,18H,5-11H2,1-4H3. The van der Waals surface area contributed by atoms with Crippen molar-refractivity contribution in [1.29, 1.82) is 0 Å². The molecule has 4 aliphatic rings. The third kappa shape index (κ3) is 2.85. The second-order valence-corrected chi connectivity index (χ2v) is 10.4. The van der Waals surface area contributed by atoms with Crippen LogP contribution in [0.2, 0.25) is 0 Å². The summed E-state index contributed by atoms with van der Waals surface area (Å²) in [6, 6.07) is 0.741. The molecule has 0 aromatic heterocycles. The van der Waals surface area contributed by atoms with Gasteiger partial charge in [0.25, 0.3) is 0 Å². The van der Waals surface area contributed by atoms with E-state index in [0.717, 1.165) is 23.8 Å². The molecule has 0 heterocycles. The molecular formula is C17H31NS. The summed E-state index contributed by atoms with van der Waals surface area (Å²) in [5, 5.41) is 3.71. The molecule has 110 valence electrons. The molecule has 2 heteroatoms. The first-order valence-electron chi connectivity index (χ1n) is 8.21. The summed E-state index contributed by atoms with van der Waals surface area (Å²) < 4.78 is 0.400. The number of thioether (sulfide) groups is 1. The third-order valence-corrected chi connectivity index (χ3v) is 7.22. The van der Waals surface area contributed by atoms with Crippen molar-refractivity contribution in [3.8, 4) is 0 Å². The van der Waals surface area contributed by atoms with Gasteiger partial charge in [-0.1, -0.05) is 20.8 Å². The van der Waals surface area contributed by atoms with Crippen LogP contribution in [0.3, 0.4) is 0 Å². The Balaban J connectivity index is 1.71. The highest BCUT2D eigenvalue weighted by Crippen LogP contribution is 2.61. The molecule has 0 aromatic carbocycles. The highest BCUT2D eigenvalue weighted by Gasteiger charge is 2.53. The summed E-state index contributed by atoms with van der Waals surface area (Å²) in [6.07, 6.45) is 9.24. The molecule has 4 fully saturated rings. The van der Waals surface area contributed by atoms with Crippen molar-refractivity contribution in [2.24, 2.45) is 23.2 Å². The van der Waals surface area contributed by atoms with Crippen LogP contribution < -0.4 is 5.32 Å². The zero-order chi connectivity index (χ0) is 13.7. The van der Waals surface area contributed by atoms with Gasteiger partial charge in [-0.05, 0) is 68.7 Å². The van der Waals surface area contributed by atoms with Gasteiger partial charge in [0.15, 0.2) is 0 Å². The summed E-state index contributed by atoms with van der Waals surface area (Å²) >= 11 is 2.15. The zero-order valence-electron chi connectivity index (χ0n) is 13.2. The van der Waals surface area contributed by atoms with E-state index in [4.69, 9.17) is 0 Å². The summed E-state index contributed by atoms with van der Waals surface area (Å²) in [6.45, 7) is 7.05. The first-order valence-corrected chi connectivity index (χ1v) is 9.20. The van der Waals surface area contributed by atoms with Crippen LogP contribution in [0.5, 0.6) is 0 Å². The average Bonchev–Trinajstić information content (AvgIpc) is 2.25. The minimum absolute atomic E-state index is 0.400. The highest BCUT2D eigenvalue weighted by molar-refractivity contribution is 8.00. The molecule has 0 aromatic rings. The first-order chi connectivity index (χ1) is 8.90. The van der Waals surface area contributed by atoms with E-state index in [-0.39, 0.29) is 0 Å². The van der Waals surface area contributed by atoms with Gasteiger partial charge in [0.2, 0.25) is 0 Å². The normalized spacial score (nSPS) is 42.6. The molecule has 0 saturated heterocycles. The summed E-state index contributed by atoms with van der Waals surface area (Å²) in [5.41, 5.74) is 0.655. The Labute approximate surface area is 123 Å². The third-order valence-electron chi connectivity index (χ3n) is 5.86. The minimum atomic E-state index is 0.400. The molecule has 4 bridgehead atoms. The molecule has 19 heavy (non-hydrogen) atoms. The van der Waals surface area contributed by atoms with Crippen LogP contribution in [0.1, 0.15) is 59.3 Å². The quantitative estimate of drug-likeness (QED) is 0.823. The van der Waals surface area contributed by atoms with Crippen LogP contribution >= 0.6 is 11.8 Å². The van der Waals surface area contributed by atoms with Gasteiger partial charge in [-0.15, -0.1) is 0 Å². The van der Waals surface area contributed by atoms with E-state index in [1.165, 1.54) is 25.0 Å². The molecule has 0 amide bonds. The second kappa shape index (κ2) is 4.94. The molecule has 4 saturated carbocycles. The van der Waals surface area contributed by atoms with Crippen LogP contribution in [0.25, 0.3) is 0 Å². The Morgan fingerprint density at radius 3 is 1.89 bits per heavy atom. The Kier molecular flexibility index (Phi) is 3.71. The van der Waals surface area contributed by atoms with Crippen LogP contribution in [0.15, 0.2) is 0 Å². The minimum Gasteiger partial charge on any atom is -0.316 e. The van der Waals surface area contributed by atoms with E-state index < -0.39 is 0 Å². The van der Waals surface area contributed by atoms with Crippen LogP contribution in [0.4, 0.5) is 0 Å². The van der Waals surface area contributed by atoms with Gasteiger partial charge in [-0.3, -0.25) is 0 Å². The fraction of sp³-hybridized carbons (Fsp3) is 1.00. The molecule has 0 spiro atoms. The summed E-state index contributed by atoms with van der Waals surface area (Å²) in [7, 11) is 2.20. The van der Waals surface area contributed by atoms with Gasteiger partial charge in [0.05, 0.1) is 0 Å². The van der Waals surface area contributed by atoms with Gasteiger partial charge < -0.3 is 5.32 Å². The Bertz CT molecular complexity index is 295. The maximum atomic E-state index is 3.71. The van der Waals surface area contributed by atoms with Crippen LogP contribution in [-0.2, 0) is 0 Å². The zero-order valence-corrected chi connectivity index (χ0v) is 14.0. The van der Waals surface area contributed by atoms with E-state index in [1.807, 2.05) is 0 Å². The monoisotopic (exact) mass is 281 g/mol. The average molecular weight is 282 g/mol. The molecule has 1 N–H and O–H groups in total. The van der Waals surface area contributed by atoms with Crippen LogP contribution in [0, 0.1) is 23.2 Å². The fourth-order valence-electron chi connectivity index (χ4n) is 5.50. The molecule has 1 atom stereocenters. The number of rotatable bonds is 4. The lowest BCUT2D eigenvalue weighted by Crippen LogP contribution is -2.56. The maximum absolute atomic E-state index is 3.71. The van der Waals surface area contributed by atoms with Crippen LogP contribution in [-0.4, -0.2) is 23.6 Å². The van der Waals surface area contributed by atoms with E-state index in [9.17, 15) is 0 Å². The molecule has 1 unspecified atom stereocenters. The molecule has 4 aliphatic carbocycles. The Morgan fingerprint density at radius 2 is 1.53 bits per heavy atom. The van der Waals surface area contributed by atoms with Gasteiger partial charge in [-0.25, -0.2) is 0 Å². The van der Waals surface area contributed by atoms with Gasteiger partial charge in [-0.2, -0.15) is 11.8 Å². The molecule has 4 rings (SSSR count). The van der Waals surface area contributed by atoms with Crippen molar-refractivity contribution in [3.63, 3.8) is 0 Å². The number of hydrogen-bond acceptors (Lipinski definition) is 2. The lowest BCUT2D eigenvalue weighted by Gasteiger charge is -2.59. The lowest BCUT2D eigenvalue weighted by atomic mass is 9.48. The Morgan fingerprint density at radius 1 is 1.05 bits per heavy atom. The largest absolute Gasteiger partial charge is 0.316 e. The van der Waals surface area contributed by atoms with Gasteiger partial charge in [0.1, 0.15) is 0 Å². The molecule has 0 radical (unpaired) electrons. The van der Waals surface area contributed by atoms with Crippen molar-refractivity contribution in [1.82, 2.24) is 5.32 Å². The second-order valence-electron chi connectivity index (χ2n) is 8.54. The first kappa shape index (κ1) is 14.3. The number of nitrogens with one attached hydrogen (secondary N) is 1. The van der Waals surface area contributed by atoms with E-state index in [0.29, 0.717) is 10.2 Å². The predicted octanol–water partition coefficient (Wildman–Crippen LogP) is 4.32. The molecule has 1 nitrogen and oxygen atoms in total. The maximum Gasteiger partial charge on any atom is 0.0212 e. The van der Waals surface area contributed by atoms with Crippen molar-refractivity contribution in [2.75, 3.05) is 12.8 Å². The summed E-state index contributed by atoms with van der Waals surface area (Å²) in [4.78, 5) is 0. The van der Waals surface area contributed by atoms with Crippen molar-refractivity contribution >= 4 is 11.8 Å².